The number of H-pyrrole nitrogens is 1. The average molecular weight is 590 g/mol. The van der Waals surface area contributed by atoms with Crippen LogP contribution >= 0.6 is 0 Å². The van der Waals surface area contributed by atoms with Gasteiger partial charge in [-0.3, -0.25) is 19.9 Å². The van der Waals surface area contributed by atoms with E-state index < -0.39 is 5.92 Å². The standard InChI is InChI=1S/C31H34F3N9/c1-40-7-9-43(10-8-40)26-3-5-35-16-25-29(26)39-30(38-25)28-23-12-22(24(32)13-27(23)41(2)19-37-28)21-11-20(14-36-15-21)17-42-6-4-31(33,34)18-42/h3,5,11-15H,4,6-10,16-19H2,1-2H3,(H,38,39). The summed E-state index contributed by atoms with van der Waals surface area (Å²) in [4.78, 5) is 30.5. The van der Waals surface area contributed by atoms with E-state index in [1.165, 1.54) is 6.07 Å². The third kappa shape index (κ3) is 5.45. The van der Waals surface area contributed by atoms with E-state index in [1.54, 1.807) is 23.4 Å². The van der Waals surface area contributed by atoms with Crippen LogP contribution in [0.5, 0.6) is 0 Å². The van der Waals surface area contributed by atoms with Gasteiger partial charge in [-0.15, -0.1) is 0 Å². The lowest BCUT2D eigenvalue weighted by atomic mass is 9.97. The summed E-state index contributed by atoms with van der Waals surface area (Å²) in [5.41, 5.74) is 6.68. The molecular weight excluding hydrogens is 555 g/mol. The Morgan fingerprint density at radius 1 is 1.00 bits per heavy atom. The van der Waals surface area contributed by atoms with Gasteiger partial charge in [0.1, 0.15) is 23.9 Å². The van der Waals surface area contributed by atoms with Crippen LogP contribution in [-0.4, -0.2) is 108 Å². The van der Waals surface area contributed by atoms with Gasteiger partial charge in [0.25, 0.3) is 5.92 Å². The van der Waals surface area contributed by atoms with Crippen molar-refractivity contribution in [2.45, 2.75) is 25.4 Å². The number of likely N-dealkylation sites (N-methyl/N-ethyl adjacent to an activating group) is 1. The number of pyridine rings is 1. The first kappa shape index (κ1) is 27.8. The van der Waals surface area contributed by atoms with Crippen LogP contribution in [0.1, 0.15) is 34.8 Å². The van der Waals surface area contributed by atoms with E-state index in [0.717, 1.165) is 54.4 Å². The number of aromatic nitrogens is 3. The fourth-order valence-corrected chi connectivity index (χ4v) is 6.25. The predicted octanol–water partition coefficient (Wildman–Crippen LogP) is 3.87. The van der Waals surface area contributed by atoms with Gasteiger partial charge < -0.3 is 19.7 Å². The topological polar surface area (TPSA) is 79.2 Å². The summed E-state index contributed by atoms with van der Waals surface area (Å²) in [6, 6.07) is 5.16. The molecule has 0 spiro atoms. The number of nitrogens with zero attached hydrogens (tertiary/aromatic N) is 8. The number of piperazine rings is 1. The summed E-state index contributed by atoms with van der Waals surface area (Å²) in [6.07, 6.45) is 6.99. The van der Waals surface area contributed by atoms with Crippen molar-refractivity contribution in [3.63, 3.8) is 0 Å². The number of rotatable bonds is 5. The second-order valence-corrected chi connectivity index (χ2v) is 11.8. The number of halogens is 3. The molecule has 4 aliphatic heterocycles. The number of likely N-dealkylation sites (tertiary alicyclic amines) is 1. The first-order valence-corrected chi connectivity index (χ1v) is 14.6. The maximum absolute atomic E-state index is 15.7. The second kappa shape index (κ2) is 10.9. The van der Waals surface area contributed by atoms with E-state index in [1.807, 2.05) is 30.3 Å². The van der Waals surface area contributed by atoms with Crippen molar-refractivity contribution in [3.05, 3.63) is 70.8 Å². The van der Waals surface area contributed by atoms with Crippen LogP contribution in [0.25, 0.3) is 16.8 Å². The average Bonchev–Trinajstić information content (AvgIpc) is 3.49. The molecule has 0 radical (unpaired) electrons. The van der Waals surface area contributed by atoms with Crippen molar-refractivity contribution in [1.82, 2.24) is 29.7 Å². The molecule has 2 saturated heterocycles. The van der Waals surface area contributed by atoms with Crippen molar-refractivity contribution in [2.24, 2.45) is 9.98 Å². The van der Waals surface area contributed by atoms with Crippen LogP contribution in [0.15, 0.2) is 46.7 Å². The van der Waals surface area contributed by atoms with E-state index in [2.05, 4.69) is 31.8 Å². The van der Waals surface area contributed by atoms with E-state index in [9.17, 15) is 8.78 Å². The number of hydrogen-bond donors (Lipinski definition) is 1. The molecule has 6 heterocycles. The zero-order valence-corrected chi connectivity index (χ0v) is 24.3. The summed E-state index contributed by atoms with van der Waals surface area (Å²) in [5, 5.41) is 0. The number of alkyl halides is 2. The van der Waals surface area contributed by atoms with Gasteiger partial charge in [-0.05, 0) is 36.9 Å². The van der Waals surface area contributed by atoms with E-state index in [4.69, 9.17) is 9.98 Å². The molecule has 9 nitrogen and oxygen atoms in total. The van der Waals surface area contributed by atoms with Crippen LogP contribution in [0.3, 0.4) is 0 Å². The smallest absolute Gasteiger partial charge is 0.261 e. The number of allylic oxidation sites excluding steroid dienone is 1. The van der Waals surface area contributed by atoms with Crippen LogP contribution in [0.2, 0.25) is 0 Å². The SMILES string of the molecule is CN1CCN(C2=CC=NCc3[nH]c(C4=NCN(C)c5cc(F)c(-c6cncc(CN7CCC(F)(F)C7)c6)cc54)nc32)CC1. The van der Waals surface area contributed by atoms with Crippen molar-refractivity contribution in [1.29, 1.82) is 0 Å². The predicted molar refractivity (Wildman–Crippen MR) is 161 cm³/mol. The molecule has 43 heavy (non-hydrogen) atoms. The molecule has 12 heteroatoms. The summed E-state index contributed by atoms with van der Waals surface area (Å²) in [7, 11) is 4.01. The highest BCUT2D eigenvalue weighted by Gasteiger charge is 2.38. The molecule has 0 bridgehead atoms. The van der Waals surface area contributed by atoms with Gasteiger partial charge >= 0.3 is 0 Å². The molecule has 0 unspecified atom stereocenters. The lowest BCUT2D eigenvalue weighted by Gasteiger charge is -2.35. The van der Waals surface area contributed by atoms with E-state index in [-0.39, 0.29) is 18.8 Å². The van der Waals surface area contributed by atoms with E-state index >= 15 is 4.39 Å². The summed E-state index contributed by atoms with van der Waals surface area (Å²) >= 11 is 0. The highest BCUT2D eigenvalue weighted by Crippen LogP contribution is 2.35. The van der Waals surface area contributed by atoms with Gasteiger partial charge in [-0.2, -0.15) is 0 Å². The zero-order valence-electron chi connectivity index (χ0n) is 24.3. The molecule has 2 aromatic heterocycles. The number of imidazole rings is 1. The molecule has 4 aliphatic rings. The normalized spacial score (nSPS) is 20.5. The molecule has 0 aliphatic carbocycles. The Kier molecular flexibility index (Phi) is 7.05. The Labute approximate surface area is 248 Å². The molecule has 2 fully saturated rings. The largest absolute Gasteiger partial charge is 0.367 e. The van der Waals surface area contributed by atoms with Gasteiger partial charge in [0.05, 0.1) is 30.2 Å². The molecule has 7 rings (SSSR count). The molecule has 3 aromatic rings. The third-order valence-corrected chi connectivity index (χ3v) is 8.63. The van der Waals surface area contributed by atoms with Crippen LogP contribution in [0.4, 0.5) is 18.9 Å². The third-order valence-electron chi connectivity index (χ3n) is 8.63. The van der Waals surface area contributed by atoms with E-state index in [0.29, 0.717) is 54.7 Å². The zero-order chi connectivity index (χ0) is 29.7. The van der Waals surface area contributed by atoms with Crippen molar-refractivity contribution < 1.29 is 13.2 Å². The Morgan fingerprint density at radius 2 is 1.84 bits per heavy atom. The quantitative estimate of drug-likeness (QED) is 0.487. The number of benzene rings is 1. The first-order chi connectivity index (χ1) is 20.7. The first-order valence-electron chi connectivity index (χ1n) is 14.6. The highest BCUT2D eigenvalue weighted by atomic mass is 19.3. The Hall–Kier alpha value is -4.03. The number of fused-ring (bicyclic) bond motifs is 2. The van der Waals surface area contributed by atoms with Crippen LogP contribution in [0, 0.1) is 5.82 Å². The van der Waals surface area contributed by atoms with Crippen molar-refractivity contribution in [2.75, 3.05) is 64.9 Å². The van der Waals surface area contributed by atoms with Gasteiger partial charge in [-0.1, -0.05) is 0 Å². The van der Waals surface area contributed by atoms with Gasteiger partial charge in [0.15, 0.2) is 5.82 Å². The monoisotopic (exact) mass is 589 g/mol. The fraction of sp³-hybridized carbons (Fsp3) is 0.419. The Morgan fingerprint density at radius 3 is 2.63 bits per heavy atom. The van der Waals surface area contributed by atoms with Crippen LogP contribution in [-0.2, 0) is 13.1 Å². The summed E-state index contributed by atoms with van der Waals surface area (Å²) in [6.45, 7) is 4.98. The maximum atomic E-state index is 15.7. The Bertz CT molecular complexity index is 1640. The van der Waals surface area contributed by atoms with Gasteiger partial charge in [-0.25, -0.2) is 18.2 Å². The molecule has 1 N–H and O–H groups in total. The molecule has 0 atom stereocenters. The maximum Gasteiger partial charge on any atom is 0.261 e. The minimum Gasteiger partial charge on any atom is -0.367 e. The number of nitrogens with one attached hydrogen (secondary N) is 1. The minimum absolute atomic E-state index is 0.148. The number of anilines is 1. The van der Waals surface area contributed by atoms with Crippen molar-refractivity contribution in [3.8, 4) is 11.1 Å². The molecular formula is C31H34F3N9. The fourth-order valence-electron chi connectivity index (χ4n) is 6.25. The number of hydrogen-bond acceptors (Lipinski definition) is 8. The molecule has 0 saturated carbocycles. The molecule has 1 aromatic carbocycles. The van der Waals surface area contributed by atoms with Gasteiger partial charge in [0.2, 0.25) is 0 Å². The summed E-state index contributed by atoms with van der Waals surface area (Å²) < 4.78 is 43.2. The molecule has 0 amide bonds. The minimum atomic E-state index is -2.67. The summed E-state index contributed by atoms with van der Waals surface area (Å²) in [5.74, 6) is -2.44. The lowest BCUT2D eigenvalue weighted by Crippen LogP contribution is -2.43. The second-order valence-electron chi connectivity index (χ2n) is 11.8. The number of aromatic amines is 1. The molecule has 224 valence electrons. The lowest BCUT2D eigenvalue weighted by molar-refractivity contribution is 0.0115. The number of aliphatic imine (C=N–C) groups is 2. The highest BCUT2D eigenvalue weighted by molar-refractivity contribution is 6.15. The van der Waals surface area contributed by atoms with Crippen LogP contribution < -0.4 is 4.90 Å². The van der Waals surface area contributed by atoms with Gasteiger partial charge in [0, 0.05) is 88.0 Å². The van der Waals surface area contributed by atoms with Crippen molar-refractivity contribution >= 4 is 23.3 Å². The Balaban J connectivity index is 1.22.